The molecule has 0 bridgehead atoms. The van der Waals surface area contributed by atoms with E-state index in [1.807, 2.05) is 6.07 Å². The first-order valence-electron chi connectivity index (χ1n) is 3.99. The molecule has 4 nitrogen and oxygen atoms in total. The quantitative estimate of drug-likeness (QED) is 0.787. The summed E-state index contributed by atoms with van der Waals surface area (Å²) in [5, 5.41) is 17.0. The number of aromatic carboxylic acids is 1. The molecule has 0 aliphatic rings. The van der Waals surface area contributed by atoms with E-state index in [2.05, 4.69) is 0 Å². The molecule has 1 aromatic carbocycles. The molecule has 1 N–H and O–H groups in total. The lowest BCUT2D eigenvalue weighted by Crippen LogP contribution is -2.00. The van der Waals surface area contributed by atoms with Crippen molar-refractivity contribution in [2.75, 3.05) is 6.61 Å². The zero-order valence-corrected chi connectivity index (χ0v) is 7.65. The van der Waals surface area contributed by atoms with Crippen LogP contribution in [0.3, 0.4) is 0 Å². The summed E-state index contributed by atoms with van der Waals surface area (Å²) in [5.74, 6) is -0.571. The van der Waals surface area contributed by atoms with Gasteiger partial charge in [0, 0.05) is 0 Å². The molecule has 0 saturated carbocycles. The van der Waals surface area contributed by atoms with Crippen LogP contribution >= 0.6 is 0 Å². The van der Waals surface area contributed by atoms with Crippen LogP contribution < -0.4 is 4.74 Å². The van der Waals surface area contributed by atoms with E-state index in [-0.39, 0.29) is 12.2 Å². The summed E-state index contributed by atoms with van der Waals surface area (Å²) >= 11 is 0. The van der Waals surface area contributed by atoms with Gasteiger partial charge in [0.1, 0.15) is 11.8 Å². The molecule has 1 aromatic rings. The summed E-state index contributed by atoms with van der Waals surface area (Å²) in [6.45, 7) is 1.71. The maximum absolute atomic E-state index is 10.6. The van der Waals surface area contributed by atoms with Crippen molar-refractivity contribution in [2.24, 2.45) is 0 Å². The third kappa shape index (κ3) is 2.23. The van der Waals surface area contributed by atoms with E-state index >= 15 is 0 Å². The van der Waals surface area contributed by atoms with Gasteiger partial charge in [-0.3, -0.25) is 0 Å². The Labute approximate surface area is 81.4 Å². The highest BCUT2D eigenvalue weighted by Gasteiger charge is 2.06. The Morgan fingerprint density at radius 3 is 2.93 bits per heavy atom. The van der Waals surface area contributed by atoms with Gasteiger partial charge in [0.05, 0.1) is 5.56 Å². The minimum Gasteiger partial charge on any atom is -0.478 e. The Kier molecular flexibility index (Phi) is 3.08. The summed E-state index contributed by atoms with van der Waals surface area (Å²) < 4.78 is 5.05. The van der Waals surface area contributed by atoms with Gasteiger partial charge in [-0.1, -0.05) is 6.07 Å². The van der Waals surface area contributed by atoms with Crippen LogP contribution in [-0.2, 0) is 0 Å². The summed E-state index contributed by atoms with van der Waals surface area (Å²) in [7, 11) is 0. The number of carbonyl (C=O) groups is 1. The molecule has 0 spiro atoms. The first-order chi connectivity index (χ1) is 6.65. The Hall–Kier alpha value is -2.02. The van der Waals surface area contributed by atoms with E-state index in [1.54, 1.807) is 13.0 Å². The number of carboxylic acids is 1. The lowest BCUT2D eigenvalue weighted by molar-refractivity contribution is 0.0696. The Bertz CT molecular complexity index is 393. The number of benzene rings is 1. The van der Waals surface area contributed by atoms with Crippen LogP contribution in [0, 0.1) is 18.3 Å². The molecule has 0 aliphatic carbocycles. The van der Waals surface area contributed by atoms with Gasteiger partial charge in [-0.15, -0.1) is 0 Å². The highest BCUT2D eigenvalue weighted by atomic mass is 16.5. The largest absolute Gasteiger partial charge is 0.478 e. The highest BCUT2D eigenvalue weighted by molar-refractivity contribution is 5.88. The second-order valence-electron chi connectivity index (χ2n) is 2.73. The van der Waals surface area contributed by atoms with Crippen LogP contribution in [0.15, 0.2) is 18.2 Å². The van der Waals surface area contributed by atoms with Crippen LogP contribution in [0.4, 0.5) is 0 Å². The molecule has 0 heterocycles. The molecule has 0 radical (unpaired) electrons. The summed E-state index contributed by atoms with van der Waals surface area (Å²) in [6.07, 6.45) is 0. The molecular formula is C10H9NO3. The molecule has 4 heteroatoms. The monoisotopic (exact) mass is 191 g/mol. The van der Waals surface area contributed by atoms with E-state index < -0.39 is 5.97 Å². The maximum Gasteiger partial charge on any atom is 0.335 e. The average Bonchev–Trinajstić information content (AvgIpc) is 2.16. The minimum atomic E-state index is -1.01. The van der Waals surface area contributed by atoms with Crippen molar-refractivity contribution in [3.8, 4) is 11.8 Å². The second kappa shape index (κ2) is 4.28. The van der Waals surface area contributed by atoms with Crippen LogP contribution in [-0.4, -0.2) is 17.7 Å². The molecule has 72 valence electrons. The Balaban J connectivity index is 2.97. The predicted octanol–water partition coefficient (Wildman–Crippen LogP) is 1.60. The van der Waals surface area contributed by atoms with Gasteiger partial charge >= 0.3 is 5.97 Å². The fourth-order valence-corrected chi connectivity index (χ4v) is 0.999. The lowest BCUT2D eigenvalue weighted by Gasteiger charge is -2.06. The summed E-state index contributed by atoms with van der Waals surface area (Å²) in [5.41, 5.74) is 0.966. The molecule has 0 aromatic heterocycles. The van der Waals surface area contributed by atoms with Crippen molar-refractivity contribution in [2.45, 2.75) is 6.92 Å². The van der Waals surface area contributed by atoms with Gasteiger partial charge in [0.15, 0.2) is 6.61 Å². The molecule has 0 atom stereocenters. The summed E-state index contributed by atoms with van der Waals surface area (Å²) in [4.78, 5) is 10.6. The number of aryl methyl sites for hydroxylation is 1. The predicted molar refractivity (Wildman–Crippen MR) is 49.2 cm³/mol. The lowest BCUT2D eigenvalue weighted by atomic mass is 10.1. The SMILES string of the molecule is Cc1ccc(C(=O)O)cc1OCC#N. The molecule has 0 aliphatic heterocycles. The molecule has 14 heavy (non-hydrogen) atoms. The first-order valence-corrected chi connectivity index (χ1v) is 3.99. The molecule has 1 rings (SSSR count). The maximum atomic E-state index is 10.6. The zero-order chi connectivity index (χ0) is 10.6. The summed E-state index contributed by atoms with van der Waals surface area (Å²) in [6, 6.07) is 6.38. The van der Waals surface area contributed by atoms with Crippen LogP contribution in [0.1, 0.15) is 15.9 Å². The number of nitrogens with zero attached hydrogens (tertiary/aromatic N) is 1. The number of hydrogen-bond acceptors (Lipinski definition) is 3. The van der Waals surface area contributed by atoms with E-state index in [4.69, 9.17) is 15.1 Å². The van der Waals surface area contributed by atoms with Gasteiger partial charge in [-0.25, -0.2) is 4.79 Å². The molecule has 0 amide bonds. The van der Waals surface area contributed by atoms with Gasteiger partial charge in [-0.05, 0) is 24.6 Å². The smallest absolute Gasteiger partial charge is 0.335 e. The van der Waals surface area contributed by atoms with Crippen LogP contribution in [0.25, 0.3) is 0 Å². The third-order valence-corrected chi connectivity index (χ3v) is 1.73. The van der Waals surface area contributed by atoms with Crippen LogP contribution in [0.2, 0.25) is 0 Å². The molecule has 0 saturated heterocycles. The topological polar surface area (TPSA) is 70.3 Å². The van der Waals surface area contributed by atoms with Crippen molar-refractivity contribution < 1.29 is 14.6 Å². The van der Waals surface area contributed by atoms with Crippen molar-refractivity contribution in [1.29, 1.82) is 5.26 Å². The van der Waals surface area contributed by atoms with Crippen molar-refractivity contribution in [1.82, 2.24) is 0 Å². The van der Waals surface area contributed by atoms with Crippen molar-refractivity contribution >= 4 is 5.97 Å². The first kappa shape index (κ1) is 10.1. The van der Waals surface area contributed by atoms with Gasteiger partial charge in [0.25, 0.3) is 0 Å². The van der Waals surface area contributed by atoms with Gasteiger partial charge < -0.3 is 9.84 Å². The number of hydrogen-bond donors (Lipinski definition) is 1. The Morgan fingerprint density at radius 1 is 1.64 bits per heavy atom. The molecule has 0 fully saturated rings. The molecule has 0 unspecified atom stereocenters. The van der Waals surface area contributed by atoms with Gasteiger partial charge in [0.2, 0.25) is 0 Å². The van der Waals surface area contributed by atoms with Gasteiger partial charge in [-0.2, -0.15) is 5.26 Å². The second-order valence-corrected chi connectivity index (χ2v) is 2.73. The number of nitriles is 1. The third-order valence-electron chi connectivity index (χ3n) is 1.73. The van der Waals surface area contributed by atoms with E-state index in [0.29, 0.717) is 5.75 Å². The van der Waals surface area contributed by atoms with Crippen molar-refractivity contribution in [3.05, 3.63) is 29.3 Å². The number of carboxylic acid groups (broad SMARTS) is 1. The zero-order valence-electron chi connectivity index (χ0n) is 7.65. The van der Waals surface area contributed by atoms with Crippen molar-refractivity contribution in [3.63, 3.8) is 0 Å². The standard InChI is InChI=1S/C10H9NO3/c1-7-2-3-8(10(12)13)6-9(7)14-5-4-11/h2-3,6H,5H2,1H3,(H,12,13). The normalized spacial score (nSPS) is 9.14. The number of rotatable bonds is 3. The van der Waals surface area contributed by atoms with E-state index in [1.165, 1.54) is 12.1 Å². The number of ether oxygens (including phenoxy) is 1. The fourth-order valence-electron chi connectivity index (χ4n) is 0.999. The van der Waals surface area contributed by atoms with E-state index in [0.717, 1.165) is 5.56 Å². The minimum absolute atomic E-state index is 0.0795. The highest BCUT2D eigenvalue weighted by Crippen LogP contribution is 2.19. The van der Waals surface area contributed by atoms with E-state index in [9.17, 15) is 4.79 Å². The van der Waals surface area contributed by atoms with Crippen LogP contribution in [0.5, 0.6) is 5.75 Å². The average molecular weight is 191 g/mol. The Morgan fingerprint density at radius 2 is 2.36 bits per heavy atom. The molecular weight excluding hydrogens is 182 g/mol. The fraction of sp³-hybridized carbons (Fsp3) is 0.200.